The average Bonchev–Trinajstić information content (AvgIpc) is 3.23. The van der Waals surface area contributed by atoms with E-state index in [4.69, 9.17) is 14.2 Å². The van der Waals surface area contributed by atoms with Gasteiger partial charge in [0.05, 0.1) is 6.61 Å². The minimum atomic E-state index is -0.178. The number of fused-ring (bicyclic) bond motifs is 3. The molecule has 0 radical (unpaired) electrons. The van der Waals surface area contributed by atoms with Gasteiger partial charge in [0.15, 0.2) is 11.5 Å². The molecule has 2 fully saturated rings. The minimum Gasteiger partial charge on any atom is -0.493 e. The van der Waals surface area contributed by atoms with Crippen LogP contribution in [-0.2, 0) is 0 Å². The third-order valence-electron chi connectivity index (χ3n) is 6.52. The Bertz CT molecular complexity index is 825. The van der Waals surface area contributed by atoms with Gasteiger partial charge in [0, 0.05) is 24.1 Å². The van der Waals surface area contributed by atoms with Gasteiger partial charge < -0.3 is 19.1 Å². The van der Waals surface area contributed by atoms with E-state index < -0.39 is 0 Å². The summed E-state index contributed by atoms with van der Waals surface area (Å²) in [6.45, 7) is 0.908. The normalized spacial score (nSPS) is 29.1. The first-order chi connectivity index (χ1) is 13.2. The molecule has 3 heterocycles. The van der Waals surface area contributed by atoms with Gasteiger partial charge in [0.1, 0.15) is 11.6 Å². The van der Waals surface area contributed by atoms with Crippen molar-refractivity contribution >= 4 is 0 Å². The van der Waals surface area contributed by atoms with Crippen LogP contribution in [0.5, 0.6) is 17.2 Å². The van der Waals surface area contributed by atoms with Crippen molar-refractivity contribution in [2.24, 2.45) is 5.92 Å². The molecular formula is C22H24FNO3. The number of hydrogen-bond acceptors (Lipinski definition) is 4. The monoisotopic (exact) mass is 369 g/mol. The Morgan fingerprint density at radius 3 is 2.74 bits per heavy atom. The van der Waals surface area contributed by atoms with Crippen molar-refractivity contribution in [3.63, 3.8) is 0 Å². The summed E-state index contributed by atoms with van der Waals surface area (Å²) in [5.41, 5.74) is 1.22. The van der Waals surface area contributed by atoms with Crippen LogP contribution < -0.4 is 14.2 Å². The highest BCUT2D eigenvalue weighted by Crippen LogP contribution is 2.46. The first-order valence-corrected chi connectivity index (χ1v) is 9.69. The Labute approximate surface area is 158 Å². The van der Waals surface area contributed by atoms with E-state index in [0.29, 0.717) is 30.5 Å². The third-order valence-corrected chi connectivity index (χ3v) is 6.52. The predicted molar refractivity (Wildman–Crippen MR) is 99.9 cm³/mol. The van der Waals surface area contributed by atoms with Gasteiger partial charge in [-0.2, -0.15) is 0 Å². The topological polar surface area (TPSA) is 30.9 Å². The Kier molecular flexibility index (Phi) is 4.20. The molecule has 3 aliphatic heterocycles. The van der Waals surface area contributed by atoms with Crippen LogP contribution >= 0.6 is 0 Å². The molecule has 2 saturated heterocycles. The largest absolute Gasteiger partial charge is 0.493 e. The molecule has 142 valence electrons. The molecule has 0 aromatic heterocycles. The molecule has 27 heavy (non-hydrogen) atoms. The van der Waals surface area contributed by atoms with Gasteiger partial charge >= 0.3 is 0 Å². The van der Waals surface area contributed by atoms with E-state index in [0.717, 1.165) is 23.7 Å². The molecule has 0 N–H and O–H groups in total. The fourth-order valence-electron chi connectivity index (χ4n) is 5.06. The maximum Gasteiger partial charge on any atom is 0.231 e. The average molecular weight is 369 g/mol. The van der Waals surface area contributed by atoms with Crippen LogP contribution in [0.25, 0.3) is 0 Å². The lowest BCUT2D eigenvalue weighted by molar-refractivity contribution is 0.0665. The van der Waals surface area contributed by atoms with Crippen LogP contribution in [0.4, 0.5) is 4.39 Å². The van der Waals surface area contributed by atoms with Crippen LogP contribution in [0, 0.1) is 11.7 Å². The van der Waals surface area contributed by atoms with Gasteiger partial charge in [0.25, 0.3) is 0 Å². The molecular weight excluding hydrogens is 345 g/mol. The molecule has 0 saturated carbocycles. The van der Waals surface area contributed by atoms with Crippen molar-refractivity contribution in [2.75, 3.05) is 20.4 Å². The summed E-state index contributed by atoms with van der Waals surface area (Å²) in [5, 5.41) is 0. The summed E-state index contributed by atoms with van der Waals surface area (Å²) >= 11 is 0. The summed E-state index contributed by atoms with van der Waals surface area (Å²) in [6.07, 6.45) is 3.54. The van der Waals surface area contributed by atoms with Crippen molar-refractivity contribution in [3.05, 3.63) is 53.8 Å². The lowest BCUT2D eigenvalue weighted by Crippen LogP contribution is -2.47. The minimum absolute atomic E-state index is 0.178. The van der Waals surface area contributed by atoms with Crippen molar-refractivity contribution < 1.29 is 18.6 Å². The lowest BCUT2D eigenvalue weighted by Gasteiger charge is -2.43. The number of nitrogens with zero attached hydrogens (tertiary/aromatic N) is 1. The molecule has 0 spiro atoms. The fourth-order valence-corrected chi connectivity index (χ4v) is 5.06. The summed E-state index contributed by atoms with van der Waals surface area (Å²) in [5.74, 6) is 2.91. The number of hydrogen-bond donors (Lipinski definition) is 0. The zero-order chi connectivity index (χ0) is 18.4. The number of piperidine rings is 1. The molecule has 2 bridgehead atoms. The number of halogens is 1. The zero-order valence-corrected chi connectivity index (χ0v) is 15.4. The molecule has 0 amide bonds. The van der Waals surface area contributed by atoms with Crippen molar-refractivity contribution in [1.29, 1.82) is 0 Å². The summed E-state index contributed by atoms with van der Waals surface area (Å²) in [6, 6.07) is 13.9. The first-order valence-electron chi connectivity index (χ1n) is 9.69. The maximum absolute atomic E-state index is 13.4. The molecule has 1 unspecified atom stereocenters. The van der Waals surface area contributed by atoms with Gasteiger partial charge in [-0.05, 0) is 62.1 Å². The van der Waals surface area contributed by atoms with E-state index in [1.54, 1.807) is 12.1 Å². The van der Waals surface area contributed by atoms with Crippen LogP contribution in [-0.4, -0.2) is 37.4 Å². The molecule has 5 heteroatoms. The summed E-state index contributed by atoms with van der Waals surface area (Å²) in [7, 11) is 2.23. The highest BCUT2D eigenvalue weighted by molar-refractivity contribution is 5.46. The maximum atomic E-state index is 13.4. The summed E-state index contributed by atoms with van der Waals surface area (Å²) in [4.78, 5) is 2.52. The van der Waals surface area contributed by atoms with Crippen molar-refractivity contribution in [2.45, 2.75) is 37.3 Å². The Hall–Kier alpha value is -2.27. The second kappa shape index (κ2) is 6.71. The smallest absolute Gasteiger partial charge is 0.231 e. The Balaban J connectivity index is 1.37. The second-order valence-corrected chi connectivity index (χ2v) is 7.85. The summed E-state index contributed by atoms with van der Waals surface area (Å²) < 4.78 is 30.4. The van der Waals surface area contributed by atoms with E-state index >= 15 is 0 Å². The predicted octanol–water partition coefficient (Wildman–Crippen LogP) is 4.20. The van der Waals surface area contributed by atoms with Crippen LogP contribution in [0.3, 0.4) is 0 Å². The third kappa shape index (κ3) is 3.04. The molecule has 5 rings (SSSR count). The van der Waals surface area contributed by atoms with Crippen LogP contribution in [0.1, 0.15) is 30.7 Å². The number of rotatable bonds is 4. The van der Waals surface area contributed by atoms with E-state index in [1.807, 2.05) is 30.3 Å². The SMILES string of the molecule is CN1C2CC[C@@H]1C[C@H](c1ccc(F)cc1)[C@@H]2COc1ccc2c(c1)OCO2. The van der Waals surface area contributed by atoms with E-state index in [-0.39, 0.29) is 12.6 Å². The molecule has 4 nitrogen and oxygen atoms in total. The lowest BCUT2D eigenvalue weighted by atomic mass is 9.76. The second-order valence-electron chi connectivity index (χ2n) is 7.85. The first kappa shape index (κ1) is 16.9. The van der Waals surface area contributed by atoms with E-state index in [2.05, 4.69) is 11.9 Å². The van der Waals surface area contributed by atoms with Gasteiger partial charge in [0.2, 0.25) is 6.79 Å². The molecule has 2 aromatic rings. The van der Waals surface area contributed by atoms with Crippen LogP contribution in [0.15, 0.2) is 42.5 Å². The molecule has 2 aromatic carbocycles. The highest BCUT2D eigenvalue weighted by Gasteiger charge is 2.46. The fraction of sp³-hybridized carbons (Fsp3) is 0.455. The molecule has 4 atom stereocenters. The Morgan fingerprint density at radius 2 is 1.89 bits per heavy atom. The molecule has 3 aliphatic rings. The van der Waals surface area contributed by atoms with Gasteiger partial charge in [-0.1, -0.05) is 12.1 Å². The van der Waals surface area contributed by atoms with Crippen molar-refractivity contribution in [1.82, 2.24) is 4.90 Å². The number of benzene rings is 2. The highest BCUT2D eigenvalue weighted by atomic mass is 19.1. The quantitative estimate of drug-likeness (QED) is 0.808. The Morgan fingerprint density at radius 1 is 1.07 bits per heavy atom. The van der Waals surface area contributed by atoms with Gasteiger partial charge in [-0.15, -0.1) is 0 Å². The standard InChI is InChI=1S/C22H24FNO3/c1-24-16-6-8-20(24)19(18(10-16)14-2-4-15(23)5-3-14)12-25-17-7-9-21-22(11-17)27-13-26-21/h2-5,7,9,11,16,18-20H,6,8,10,12-13H2,1H3/t16-,18-,19+,20?/m1/s1. The van der Waals surface area contributed by atoms with Crippen LogP contribution in [0.2, 0.25) is 0 Å². The van der Waals surface area contributed by atoms with E-state index in [9.17, 15) is 4.39 Å². The van der Waals surface area contributed by atoms with Gasteiger partial charge in [-0.25, -0.2) is 4.39 Å². The van der Waals surface area contributed by atoms with E-state index in [1.165, 1.54) is 18.4 Å². The molecule has 0 aliphatic carbocycles. The van der Waals surface area contributed by atoms with Gasteiger partial charge in [-0.3, -0.25) is 0 Å². The van der Waals surface area contributed by atoms with Crippen molar-refractivity contribution in [3.8, 4) is 17.2 Å². The zero-order valence-electron chi connectivity index (χ0n) is 15.4. The number of ether oxygens (including phenoxy) is 3.